The van der Waals surface area contributed by atoms with Crippen LogP contribution < -0.4 is 5.32 Å². The van der Waals surface area contributed by atoms with E-state index in [9.17, 15) is 14.3 Å². The number of urea groups is 1. The van der Waals surface area contributed by atoms with Crippen LogP contribution >= 0.6 is 0 Å². The molecule has 0 spiro atoms. The predicted molar refractivity (Wildman–Crippen MR) is 93.0 cm³/mol. The van der Waals surface area contributed by atoms with Crippen LogP contribution in [0.1, 0.15) is 18.9 Å². The molecule has 1 aromatic heterocycles. The lowest BCUT2D eigenvalue weighted by molar-refractivity contribution is -0.00425. The van der Waals surface area contributed by atoms with Gasteiger partial charge in [0.25, 0.3) is 0 Å². The first-order valence-corrected chi connectivity index (χ1v) is 8.60. The van der Waals surface area contributed by atoms with Crippen LogP contribution in [0.5, 0.6) is 0 Å². The smallest absolute Gasteiger partial charge is 0.317 e. The van der Waals surface area contributed by atoms with Crippen LogP contribution in [-0.4, -0.2) is 59.5 Å². The number of H-pyrrole nitrogens is 1. The van der Waals surface area contributed by atoms with Gasteiger partial charge in [-0.2, -0.15) is 0 Å². The summed E-state index contributed by atoms with van der Waals surface area (Å²) in [6, 6.07) is 4.37. The van der Waals surface area contributed by atoms with Crippen LogP contribution in [0, 0.1) is 5.82 Å². The van der Waals surface area contributed by atoms with E-state index in [1.807, 2.05) is 6.20 Å². The second kappa shape index (κ2) is 7.84. The third kappa shape index (κ3) is 4.29. The van der Waals surface area contributed by atoms with Gasteiger partial charge >= 0.3 is 6.03 Å². The number of rotatable bonds is 5. The number of aliphatic hydroxyl groups excluding tert-OH is 1. The SMILES string of the molecule is C[C@H](O)C[C@@H]1COCCN1C(=O)NCCc1c[nH]c2ccc(F)cc12. The quantitative estimate of drug-likeness (QED) is 0.773. The highest BCUT2D eigenvalue weighted by molar-refractivity contribution is 5.83. The van der Waals surface area contributed by atoms with Gasteiger partial charge in [0.15, 0.2) is 0 Å². The zero-order valence-electron chi connectivity index (χ0n) is 14.3. The molecule has 2 atom stereocenters. The van der Waals surface area contributed by atoms with E-state index in [1.54, 1.807) is 17.9 Å². The summed E-state index contributed by atoms with van der Waals surface area (Å²) in [5, 5.41) is 13.3. The molecule has 7 heteroatoms. The maximum absolute atomic E-state index is 13.4. The normalized spacial score (nSPS) is 19.2. The third-order valence-electron chi connectivity index (χ3n) is 4.50. The molecule has 3 N–H and O–H groups in total. The summed E-state index contributed by atoms with van der Waals surface area (Å²) in [7, 11) is 0. The molecule has 0 radical (unpaired) electrons. The molecular weight excluding hydrogens is 325 g/mol. The minimum absolute atomic E-state index is 0.115. The molecule has 6 nitrogen and oxygen atoms in total. The number of benzene rings is 1. The number of aromatic amines is 1. The molecule has 0 aliphatic carbocycles. The molecule has 2 amide bonds. The first-order valence-electron chi connectivity index (χ1n) is 8.60. The molecule has 0 saturated carbocycles. The number of aromatic nitrogens is 1. The van der Waals surface area contributed by atoms with Crippen molar-refractivity contribution in [2.24, 2.45) is 0 Å². The molecular formula is C18H24FN3O3. The van der Waals surface area contributed by atoms with E-state index in [1.165, 1.54) is 12.1 Å². The van der Waals surface area contributed by atoms with Crippen molar-refractivity contribution in [2.45, 2.75) is 31.9 Å². The second-order valence-electron chi connectivity index (χ2n) is 6.49. The van der Waals surface area contributed by atoms with Crippen molar-refractivity contribution in [3.05, 3.63) is 35.8 Å². The fourth-order valence-electron chi connectivity index (χ4n) is 3.27. The Labute approximate surface area is 146 Å². The highest BCUT2D eigenvalue weighted by Gasteiger charge is 2.28. The Morgan fingerprint density at radius 1 is 1.56 bits per heavy atom. The van der Waals surface area contributed by atoms with Crippen molar-refractivity contribution in [3.63, 3.8) is 0 Å². The Balaban J connectivity index is 1.57. The minimum atomic E-state index is -0.483. The molecule has 136 valence electrons. The number of hydrogen-bond donors (Lipinski definition) is 3. The number of ether oxygens (including phenoxy) is 1. The van der Waals surface area contributed by atoms with Crippen LogP contribution in [0.15, 0.2) is 24.4 Å². The van der Waals surface area contributed by atoms with E-state index >= 15 is 0 Å². The van der Waals surface area contributed by atoms with Gasteiger partial charge in [-0.15, -0.1) is 0 Å². The fraction of sp³-hybridized carbons (Fsp3) is 0.500. The van der Waals surface area contributed by atoms with Crippen molar-refractivity contribution < 1.29 is 19.0 Å². The molecule has 1 aliphatic heterocycles. The molecule has 2 aromatic rings. The lowest BCUT2D eigenvalue weighted by Gasteiger charge is -2.36. The first kappa shape index (κ1) is 17.7. The molecule has 2 heterocycles. The van der Waals surface area contributed by atoms with Gasteiger partial charge in [0.1, 0.15) is 5.82 Å². The van der Waals surface area contributed by atoms with E-state index in [4.69, 9.17) is 4.74 Å². The first-order chi connectivity index (χ1) is 12.0. The van der Waals surface area contributed by atoms with E-state index in [0.717, 1.165) is 16.5 Å². The van der Waals surface area contributed by atoms with Crippen molar-refractivity contribution >= 4 is 16.9 Å². The topological polar surface area (TPSA) is 77.6 Å². The van der Waals surface area contributed by atoms with E-state index in [0.29, 0.717) is 39.1 Å². The summed E-state index contributed by atoms with van der Waals surface area (Å²) in [6.45, 7) is 3.63. The van der Waals surface area contributed by atoms with Crippen molar-refractivity contribution in [1.29, 1.82) is 0 Å². The van der Waals surface area contributed by atoms with E-state index in [2.05, 4.69) is 10.3 Å². The second-order valence-corrected chi connectivity index (χ2v) is 6.49. The average Bonchev–Trinajstić information content (AvgIpc) is 2.97. The highest BCUT2D eigenvalue weighted by atomic mass is 19.1. The largest absolute Gasteiger partial charge is 0.393 e. The van der Waals surface area contributed by atoms with Crippen molar-refractivity contribution in [1.82, 2.24) is 15.2 Å². The Kier molecular flexibility index (Phi) is 5.55. The van der Waals surface area contributed by atoms with Crippen LogP contribution in [-0.2, 0) is 11.2 Å². The Morgan fingerprint density at radius 2 is 2.40 bits per heavy atom. The molecule has 1 saturated heterocycles. The average molecular weight is 349 g/mol. The molecule has 0 bridgehead atoms. The summed E-state index contributed by atoms with van der Waals surface area (Å²) < 4.78 is 18.8. The monoisotopic (exact) mass is 349 g/mol. The highest BCUT2D eigenvalue weighted by Crippen LogP contribution is 2.19. The summed E-state index contributed by atoms with van der Waals surface area (Å²) in [5.74, 6) is -0.272. The third-order valence-corrected chi connectivity index (χ3v) is 4.50. The van der Waals surface area contributed by atoms with Gasteiger partial charge in [-0.3, -0.25) is 0 Å². The number of nitrogens with zero attached hydrogens (tertiary/aromatic N) is 1. The van der Waals surface area contributed by atoms with Crippen molar-refractivity contribution in [3.8, 4) is 0 Å². The van der Waals surface area contributed by atoms with E-state index < -0.39 is 6.10 Å². The van der Waals surface area contributed by atoms with Gasteiger partial charge in [0, 0.05) is 30.2 Å². The van der Waals surface area contributed by atoms with Crippen LogP contribution in [0.2, 0.25) is 0 Å². The van der Waals surface area contributed by atoms with Crippen LogP contribution in [0.25, 0.3) is 10.9 Å². The number of amides is 2. The zero-order chi connectivity index (χ0) is 17.8. The van der Waals surface area contributed by atoms with Gasteiger partial charge in [-0.05, 0) is 43.5 Å². The molecule has 1 aliphatic rings. The number of aliphatic hydroxyl groups is 1. The van der Waals surface area contributed by atoms with Crippen LogP contribution in [0.3, 0.4) is 0 Å². The van der Waals surface area contributed by atoms with Gasteiger partial charge in [-0.1, -0.05) is 0 Å². The van der Waals surface area contributed by atoms with Gasteiger partial charge in [0.2, 0.25) is 0 Å². The summed E-state index contributed by atoms with van der Waals surface area (Å²) >= 11 is 0. The Morgan fingerprint density at radius 3 is 3.20 bits per heavy atom. The summed E-state index contributed by atoms with van der Waals surface area (Å²) in [5.41, 5.74) is 1.85. The maximum atomic E-state index is 13.4. The minimum Gasteiger partial charge on any atom is -0.393 e. The molecule has 0 unspecified atom stereocenters. The standard InChI is InChI=1S/C18H24FN3O3/c1-12(23)8-15-11-25-7-6-22(15)18(24)20-5-4-13-10-21-17-3-2-14(19)9-16(13)17/h2-3,9-10,12,15,21,23H,4-8,11H2,1H3,(H,20,24)/t12-,15+/m0/s1. The molecule has 1 fully saturated rings. The number of morpholine rings is 1. The number of nitrogens with one attached hydrogen (secondary N) is 2. The number of carbonyl (C=O) groups is 1. The van der Waals surface area contributed by atoms with Gasteiger partial charge < -0.3 is 25.0 Å². The lowest BCUT2D eigenvalue weighted by atomic mass is 10.1. The van der Waals surface area contributed by atoms with Gasteiger partial charge in [0.05, 0.1) is 25.4 Å². The predicted octanol–water partition coefficient (Wildman–Crippen LogP) is 2.03. The summed E-state index contributed by atoms with van der Waals surface area (Å²) in [4.78, 5) is 17.3. The Hall–Kier alpha value is -2.12. The molecule has 1 aromatic carbocycles. The molecule has 25 heavy (non-hydrogen) atoms. The number of halogens is 1. The lowest BCUT2D eigenvalue weighted by Crippen LogP contribution is -2.53. The van der Waals surface area contributed by atoms with E-state index in [-0.39, 0.29) is 17.9 Å². The number of fused-ring (bicyclic) bond motifs is 1. The van der Waals surface area contributed by atoms with Gasteiger partial charge in [-0.25, -0.2) is 9.18 Å². The Bertz CT molecular complexity index is 731. The maximum Gasteiger partial charge on any atom is 0.317 e. The van der Waals surface area contributed by atoms with Crippen LogP contribution in [0.4, 0.5) is 9.18 Å². The summed E-state index contributed by atoms with van der Waals surface area (Å²) in [6.07, 6.45) is 2.47. The number of carbonyl (C=O) groups excluding carboxylic acids is 1. The van der Waals surface area contributed by atoms with Crippen molar-refractivity contribution in [2.75, 3.05) is 26.3 Å². The fourth-order valence-corrected chi connectivity index (χ4v) is 3.27. The molecule has 3 rings (SSSR count). The number of hydrogen-bond acceptors (Lipinski definition) is 3. The zero-order valence-corrected chi connectivity index (χ0v) is 14.3.